The molecule has 1 saturated heterocycles. The molecular weight excluding hydrogens is 459 g/mol. The number of aryl methyl sites for hydroxylation is 1. The standard InChI is InChI=1S/C28H27FN4OS/c1-19-5-4-6-23(30-19)17-33-15-13-21(14-16-33)28-32-26(18-35-28)27(34)31-25-8-3-2-7-24(25)20-9-11-22(29)12-10-20/h2-12,18,21H,13-17H2,1H3,(H,31,34). The Kier molecular flexibility index (Phi) is 6.97. The Labute approximate surface area is 208 Å². The lowest BCUT2D eigenvalue weighted by Gasteiger charge is -2.30. The number of carbonyl (C=O) groups is 1. The fraction of sp³-hybridized carbons (Fsp3) is 0.250. The number of halogens is 1. The minimum atomic E-state index is -0.289. The van der Waals surface area contributed by atoms with Crippen LogP contribution in [0.2, 0.25) is 0 Å². The van der Waals surface area contributed by atoms with Crippen LogP contribution in [0.25, 0.3) is 11.1 Å². The maximum Gasteiger partial charge on any atom is 0.275 e. The zero-order valence-corrected chi connectivity index (χ0v) is 20.4. The SMILES string of the molecule is Cc1cccc(CN2CCC(c3nc(C(=O)Nc4ccccc4-c4ccc(F)cc4)cs3)CC2)n1. The molecule has 0 radical (unpaired) electrons. The van der Waals surface area contributed by atoms with Crippen molar-refractivity contribution in [3.63, 3.8) is 0 Å². The summed E-state index contributed by atoms with van der Waals surface area (Å²) in [6, 6.07) is 20.0. The third kappa shape index (κ3) is 5.63. The van der Waals surface area contributed by atoms with E-state index in [2.05, 4.69) is 27.3 Å². The summed E-state index contributed by atoms with van der Waals surface area (Å²) in [6.45, 7) is 4.87. The smallest absolute Gasteiger partial charge is 0.275 e. The van der Waals surface area contributed by atoms with Crippen molar-refractivity contribution in [2.45, 2.75) is 32.2 Å². The average molecular weight is 487 g/mol. The second-order valence-corrected chi connectivity index (χ2v) is 9.79. The largest absolute Gasteiger partial charge is 0.320 e. The molecule has 1 aliphatic heterocycles. The van der Waals surface area contributed by atoms with E-state index in [0.29, 0.717) is 17.3 Å². The van der Waals surface area contributed by atoms with Crippen LogP contribution < -0.4 is 5.32 Å². The molecule has 35 heavy (non-hydrogen) atoms. The van der Waals surface area contributed by atoms with Crippen LogP contribution in [-0.2, 0) is 6.54 Å². The number of para-hydroxylation sites is 1. The molecular formula is C28H27FN4OS. The van der Waals surface area contributed by atoms with Gasteiger partial charge >= 0.3 is 0 Å². The third-order valence-electron chi connectivity index (χ3n) is 6.35. The quantitative estimate of drug-likeness (QED) is 0.348. The molecule has 0 aliphatic carbocycles. The maximum absolute atomic E-state index is 13.3. The molecule has 178 valence electrons. The number of pyridine rings is 1. The van der Waals surface area contributed by atoms with Gasteiger partial charge in [0.2, 0.25) is 0 Å². The van der Waals surface area contributed by atoms with Crippen LogP contribution in [0.5, 0.6) is 0 Å². The number of anilines is 1. The number of aromatic nitrogens is 2. The molecule has 3 heterocycles. The van der Waals surface area contributed by atoms with Crippen LogP contribution in [0.4, 0.5) is 10.1 Å². The molecule has 1 amide bonds. The van der Waals surface area contributed by atoms with Gasteiger partial charge in [-0.2, -0.15) is 0 Å². The number of piperidine rings is 1. The highest BCUT2D eigenvalue weighted by Crippen LogP contribution is 2.32. The van der Waals surface area contributed by atoms with Gasteiger partial charge in [-0.05, 0) is 68.8 Å². The molecule has 1 aliphatic rings. The second-order valence-electron chi connectivity index (χ2n) is 8.90. The van der Waals surface area contributed by atoms with Crippen LogP contribution in [0.15, 0.2) is 72.1 Å². The molecule has 5 nitrogen and oxygen atoms in total. The maximum atomic E-state index is 13.3. The number of nitrogens with zero attached hydrogens (tertiary/aromatic N) is 3. The Balaban J connectivity index is 1.21. The number of rotatable bonds is 6. The lowest BCUT2D eigenvalue weighted by atomic mass is 9.97. The molecule has 0 saturated carbocycles. The van der Waals surface area contributed by atoms with Crippen LogP contribution in [0.3, 0.4) is 0 Å². The zero-order valence-electron chi connectivity index (χ0n) is 19.6. The van der Waals surface area contributed by atoms with Gasteiger partial charge in [0, 0.05) is 34.8 Å². The number of likely N-dealkylation sites (tertiary alicyclic amines) is 1. The molecule has 7 heteroatoms. The molecule has 1 fully saturated rings. The van der Waals surface area contributed by atoms with Crippen molar-refractivity contribution in [1.82, 2.24) is 14.9 Å². The fourth-order valence-corrected chi connectivity index (χ4v) is 5.47. The Morgan fingerprint density at radius 3 is 2.57 bits per heavy atom. The van der Waals surface area contributed by atoms with Crippen molar-refractivity contribution >= 4 is 22.9 Å². The van der Waals surface area contributed by atoms with E-state index in [4.69, 9.17) is 4.98 Å². The van der Waals surface area contributed by atoms with Gasteiger partial charge in [0.05, 0.1) is 10.7 Å². The second kappa shape index (κ2) is 10.5. The minimum absolute atomic E-state index is 0.231. The van der Waals surface area contributed by atoms with Crippen molar-refractivity contribution in [2.75, 3.05) is 18.4 Å². The van der Waals surface area contributed by atoms with Gasteiger partial charge in [0.1, 0.15) is 11.5 Å². The average Bonchev–Trinajstić information content (AvgIpc) is 3.36. The summed E-state index contributed by atoms with van der Waals surface area (Å²) in [6.07, 6.45) is 2.04. The minimum Gasteiger partial charge on any atom is -0.320 e. The Hall–Kier alpha value is -3.42. The van der Waals surface area contributed by atoms with Crippen LogP contribution in [0.1, 0.15) is 45.6 Å². The predicted molar refractivity (Wildman–Crippen MR) is 138 cm³/mol. The number of hydrogen-bond donors (Lipinski definition) is 1. The van der Waals surface area contributed by atoms with E-state index in [1.165, 1.54) is 12.1 Å². The summed E-state index contributed by atoms with van der Waals surface area (Å²) in [7, 11) is 0. The molecule has 5 rings (SSSR count). The van der Waals surface area contributed by atoms with Crippen molar-refractivity contribution in [3.05, 3.63) is 100 Å². The highest BCUT2D eigenvalue weighted by molar-refractivity contribution is 7.10. The lowest BCUT2D eigenvalue weighted by molar-refractivity contribution is 0.102. The highest BCUT2D eigenvalue weighted by Gasteiger charge is 2.24. The third-order valence-corrected chi connectivity index (χ3v) is 7.36. The molecule has 4 aromatic rings. The van der Waals surface area contributed by atoms with Gasteiger partial charge in [-0.3, -0.25) is 14.7 Å². The number of thiazole rings is 1. The van der Waals surface area contributed by atoms with Crippen LogP contribution >= 0.6 is 11.3 Å². The molecule has 0 spiro atoms. The first-order valence-corrected chi connectivity index (χ1v) is 12.7. The Bertz CT molecular complexity index is 1310. The van der Waals surface area contributed by atoms with Gasteiger partial charge in [-0.1, -0.05) is 36.4 Å². The van der Waals surface area contributed by atoms with Crippen LogP contribution in [0, 0.1) is 12.7 Å². The normalized spacial score (nSPS) is 14.7. The molecule has 0 atom stereocenters. The van der Waals surface area contributed by atoms with E-state index >= 15 is 0 Å². The van der Waals surface area contributed by atoms with Gasteiger partial charge in [0.15, 0.2) is 0 Å². The number of benzene rings is 2. The van der Waals surface area contributed by atoms with E-state index in [1.807, 2.05) is 42.6 Å². The van der Waals surface area contributed by atoms with Crippen molar-refractivity contribution < 1.29 is 9.18 Å². The molecule has 0 unspecified atom stereocenters. The van der Waals surface area contributed by atoms with Crippen molar-refractivity contribution in [2.24, 2.45) is 0 Å². The Morgan fingerprint density at radius 2 is 1.80 bits per heavy atom. The number of hydrogen-bond acceptors (Lipinski definition) is 5. The van der Waals surface area contributed by atoms with Gasteiger partial charge < -0.3 is 5.32 Å². The zero-order chi connectivity index (χ0) is 24.2. The summed E-state index contributed by atoms with van der Waals surface area (Å²) in [5.74, 6) is -0.150. The summed E-state index contributed by atoms with van der Waals surface area (Å²) in [5, 5.41) is 5.86. The van der Waals surface area contributed by atoms with Gasteiger partial charge in [0.25, 0.3) is 5.91 Å². The molecule has 1 N–H and O–H groups in total. The number of amides is 1. The van der Waals surface area contributed by atoms with Crippen molar-refractivity contribution in [3.8, 4) is 11.1 Å². The van der Waals surface area contributed by atoms with E-state index in [0.717, 1.165) is 60.0 Å². The summed E-state index contributed by atoms with van der Waals surface area (Å²) in [4.78, 5) is 24.7. The van der Waals surface area contributed by atoms with E-state index in [-0.39, 0.29) is 11.7 Å². The molecule has 0 bridgehead atoms. The number of carbonyl (C=O) groups excluding carboxylic acids is 1. The first-order valence-electron chi connectivity index (χ1n) is 11.8. The first kappa shape index (κ1) is 23.3. The van der Waals surface area contributed by atoms with Crippen LogP contribution in [-0.4, -0.2) is 33.9 Å². The van der Waals surface area contributed by atoms with Gasteiger partial charge in [-0.25, -0.2) is 9.37 Å². The summed E-state index contributed by atoms with van der Waals surface area (Å²) >= 11 is 1.56. The highest BCUT2D eigenvalue weighted by atomic mass is 32.1. The molecule has 2 aromatic heterocycles. The lowest BCUT2D eigenvalue weighted by Crippen LogP contribution is -2.32. The van der Waals surface area contributed by atoms with Crippen molar-refractivity contribution in [1.29, 1.82) is 0 Å². The predicted octanol–water partition coefficient (Wildman–Crippen LogP) is 6.28. The summed E-state index contributed by atoms with van der Waals surface area (Å²) < 4.78 is 13.3. The topological polar surface area (TPSA) is 58.1 Å². The Morgan fingerprint density at radius 1 is 1.03 bits per heavy atom. The fourth-order valence-electron chi connectivity index (χ4n) is 4.49. The van der Waals surface area contributed by atoms with Gasteiger partial charge in [-0.15, -0.1) is 11.3 Å². The number of nitrogens with one attached hydrogen (secondary N) is 1. The first-order chi connectivity index (χ1) is 17.0. The monoisotopic (exact) mass is 486 g/mol. The van der Waals surface area contributed by atoms with E-state index in [1.54, 1.807) is 23.5 Å². The van der Waals surface area contributed by atoms with E-state index in [9.17, 15) is 9.18 Å². The molecule has 2 aromatic carbocycles. The summed E-state index contributed by atoms with van der Waals surface area (Å²) in [5.41, 5.74) is 4.95. The van der Waals surface area contributed by atoms with E-state index < -0.39 is 0 Å².